The lowest BCUT2D eigenvalue weighted by molar-refractivity contribution is -0.274. The number of hydrogen-bond acceptors (Lipinski definition) is 2. The molecule has 144 valence electrons. The van der Waals surface area contributed by atoms with Crippen LogP contribution in [0.3, 0.4) is 0 Å². The minimum atomic E-state index is -4.75. The number of ether oxygens (including phenoxy) is 1. The van der Waals surface area contributed by atoms with Crippen molar-refractivity contribution >= 4 is 6.09 Å². The lowest BCUT2D eigenvalue weighted by Crippen LogP contribution is -2.40. The average molecular weight is 379 g/mol. The quantitative estimate of drug-likeness (QED) is 0.737. The fourth-order valence-electron chi connectivity index (χ4n) is 3.56. The van der Waals surface area contributed by atoms with Gasteiger partial charge in [-0.2, -0.15) is 0 Å². The molecule has 1 amide bonds. The van der Waals surface area contributed by atoms with Crippen LogP contribution < -0.4 is 10.1 Å². The number of halogens is 3. The summed E-state index contributed by atoms with van der Waals surface area (Å²) in [5.41, 5.74) is 2.90. The van der Waals surface area contributed by atoms with Crippen molar-refractivity contribution in [3.63, 3.8) is 0 Å². The third kappa shape index (κ3) is 4.35. The maximum Gasteiger partial charge on any atom is 0.573 e. The van der Waals surface area contributed by atoms with Crippen LogP contribution in [0.5, 0.6) is 5.75 Å². The number of hydrogen-bond donors (Lipinski definition) is 2. The first-order valence-corrected chi connectivity index (χ1v) is 8.54. The van der Waals surface area contributed by atoms with Gasteiger partial charge in [-0.25, -0.2) is 4.79 Å². The monoisotopic (exact) mass is 379 g/mol. The highest BCUT2D eigenvalue weighted by atomic mass is 19.4. The number of rotatable bonds is 3. The molecule has 1 aliphatic rings. The Morgan fingerprint density at radius 2 is 1.89 bits per heavy atom. The Hall–Kier alpha value is -2.70. The maximum atomic E-state index is 12.5. The van der Waals surface area contributed by atoms with Crippen molar-refractivity contribution in [3.8, 4) is 16.9 Å². The molecule has 0 aromatic heterocycles. The Kier molecular flexibility index (Phi) is 4.80. The number of alkyl halides is 3. The van der Waals surface area contributed by atoms with Crippen LogP contribution in [0, 0.1) is 5.41 Å². The van der Waals surface area contributed by atoms with Crippen LogP contribution in [0.15, 0.2) is 42.5 Å². The molecule has 4 nitrogen and oxygen atoms in total. The van der Waals surface area contributed by atoms with Gasteiger partial charge in [0.15, 0.2) is 0 Å². The molecule has 2 N–H and O–H groups in total. The van der Waals surface area contributed by atoms with E-state index in [9.17, 15) is 23.1 Å². The Bertz CT molecular complexity index is 862. The molecule has 2 aromatic rings. The molecule has 1 unspecified atom stereocenters. The molecule has 1 atom stereocenters. The molecular formula is C20H20F3NO3. The van der Waals surface area contributed by atoms with Crippen LogP contribution in [0.25, 0.3) is 11.1 Å². The molecule has 27 heavy (non-hydrogen) atoms. The zero-order valence-electron chi connectivity index (χ0n) is 14.9. The zero-order valence-corrected chi connectivity index (χ0v) is 14.9. The van der Waals surface area contributed by atoms with E-state index < -0.39 is 18.5 Å². The predicted molar refractivity (Wildman–Crippen MR) is 94.6 cm³/mol. The van der Waals surface area contributed by atoms with E-state index in [2.05, 4.69) is 10.1 Å². The number of aryl methyl sites for hydroxylation is 1. The molecule has 0 saturated carbocycles. The van der Waals surface area contributed by atoms with Gasteiger partial charge in [-0.1, -0.05) is 38.1 Å². The van der Waals surface area contributed by atoms with E-state index in [0.29, 0.717) is 11.1 Å². The van der Waals surface area contributed by atoms with Crippen LogP contribution in [0.1, 0.15) is 37.4 Å². The summed E-state index contributed by atoms with van der Waals surface area (Å²) in [6, 6.07) is 11.0. The smallest absolute Gasteiger partial charge is 0.465 e. The molecule has 0 radical (unpaired) electrons. The largest absolute Gasteiger partial charge is 0.573 e. The summed E-state index contributed by atoms with van der Waals surface area (Å²) in [7, 11) is 0. The van der Waals surface area contributed by atoms with Crippen molar-refractivity contribution in [2.75, 3.05) is 0 Å². The van der Waals surface area contributed by atoms with Gasteiger partial charge in [-0.3, -0.25) is 0 Å². The third-order valence-electron chi connectivity index (χ3n) is 4.95. The Morgan fingerprint density at radius 3 is 2.56 bits per heavy atom. The molecule has 0 saturated heterocycles. The van der Waals surface area contributed by atoms with Crippen molar-refractivity contribution in [1.29, 1.82) is 0 Å². The summed E-state index contributed by atoms with van der Waals surface area (Å²) >= 11 is 0. The molecule has 0 heterocycles. The zero-order chi connectivity index (χ0) is 19.8. The van der Waals surface area contributed by atoms with Gasteiger partial charge in [0.2, 0.25) is 0 Å². The lowest BCUT2D eigenvalue weighted by atomic mass is 9.70. The average Bonchev–Trinajstić information content (AvgIpc) is 2.55. The normalized spacial score (nSPS) is 18.5. The Labute approximate surface area is 155 Å². The lowest BCUT2D eigenvalue weighted by Gasteiger charge is -2.40. The summed E-state index contributed by atoms with van der Waals surface area (Å²) in [6.45, 7) is 4.00. The molecular weight excluding hydrogens is 359 g/mol. The van der Waals surface area contributed by atoms with Crippen molar-refractivity contribution in [2.24, 2.45) is 5.41 Å². The van der Waals surface area contributed by atoms with Crippen molar-refractivity contribution in [2.45, 2.75) is 39.1 Å². The summed E-state index contributed by atoms with van der Waals surface area (Å²) < 4.78 is 41.4. The first-order valence-electron chi connectivity index (χ1n) is 8.54. The second-order valence-corrected chi connectivity index (χ2v) is 7.36. The number of carbonyl (C=O) groups is 1. The first-order chi connectivity index (χ1) is 12.5. The fourth-order valence-corrected chi connectivity index (χ4v) is 3.56. The predicted octanol–water partition coefficient (Wildman–Crippen LogP) is 5.53. The van der Waals surface area contributed by atoms with E-state index in [1.165, 1.54) is 18.2 Å². The van der Waals surface area contributed by atoms with E-state index in [-0.39, 0.29) is 11.2 Å². The highest BCUT2D eigenvalue weighted by molar-refractivity contribution is 5.69. The van der Waals surface area contributed by atoms with Gasteiger partial charge in [0.25, 0.3) is 0 Å². The van der Waals surface area contributed by atoms with E-state index in [0.717, 1.165) is 24.0 Å². The summed E-state index contributed by atoms with van der Waals surface area (Å²) in [5, 5.41) is 11.8. The van der Waals surface area contributed by atoms with Crippen LogP contribution in [-0.2, 0) is 6.42 Å². The SMILES string of the molecule is CC1(C)CCc2ccc(-c3cccc(OC(F)(F)F)c3)cc2C1NC(=O)O. The van der Waals surface area contributed by atoms with Crippen LogP contribution >= 0.6 is 0 Å². The summed E-state index contributed by atoms with van der Waals surface area (Å²) in [5.74, 6) is -0.293. The number of fused-ring (bicyclic) bond motifs is 1. The second kappa shape index (κ2) is 6.79. The number of benzene rings is 2. The summed E-state index contributed by atoms with van der Waals surface area (Å²) in [6.07, 6.45) is -4.21. The van der Waals surface area contributed by atoms with Gasteiger partial charge in [-0.05, 0) is 58.7 Å². The van der Waals surface area contributed by atoms with E-state index in [4.69, 9.17) is 0 Å². The minimum absolute atomic E-state index is 0.273. The van der Waals surface area contributed by atoms with Gasteiger partial charge >= 0.3 is 12.5 Å². The van der Waals surface area contributed by atoms with Crippen molar-refractivity contribution in [3.05, 3.63) is 53.6 Å². The molecule has 1 aliphatic carbocycles. The van der Waals surface area contributed by atoms with Gasteiger partial charge in [-0.15, -0.1) is 13.2 Å². The fraction of sp³-hybridized carbons (Fsp3) is 0.350. The van der Waals surface area contributed by atoms with Crippen LogP contribution in [-0.4, -0.2) is 17.6 Å². The van der Waals surface area contributed by atoms with Gasteiger partial charge in [0.1, 0.15) is 5.75 Å². The number of carboxylic acid groups (broad SMARTS) is 1. The highest BCUT2D eigenvalue weighted by Gasteiger charge is 2.37. The highest BCUT2D eigenvalue weighted by Crippen LogP contribution is 2.44. The minimum Gasteiger partial charge on any atom is -0.465 e. The van der Waals surface area contributed by atoms with E-state index >= 15 is 0 Å². The Balaban J connectivity index is 2.00. The van der Waals surface area contributed by atoms with Crippen molar-refractivity contribution in [1.82, 2.24) is 5.32 Å². The second-order valence-electron chi connectivity index (χ2n) is 7.36. The molecule has 0 fully saturated rings. The molecule has 0 aliphatic heterocycles. The first kappa shape index (κ1) is 19.1. The van der Waals surface area contributed by atoms with Gasteiger partial charge in [0.05, 0.1) is 6.04 Å². The van der Waals surface area contributed by atoms with E-state index in [1.54, 1.807) is 6.07 Å². The topological polar surface area (TPSA) is 58.6 Å². The van der Waals surface area contributed by atoms with E-state index in [1.807, 2.05) is 32.0 Å². The molecule has 2 aromatic carbocycles. The molecule has 0 spiro atoms. The number of nitrogens with one attached hydrogen (secondary N) is 1. The Morgan fingerprint density at radius 1 is 1.19 bits per heavy atom. The standard InChI is InChI=1S/C20H20F3NO3/c1-19(2)9-8-12-6-7-14(11-16(12)17(19)24-18(25)26)13-4-3-5-15(10-13)27-20(21,22)23/h3-7,10-11,17,24H,8-9H2,1-2H3,(H,25,26). The van der Waals surface area contributed by atoms with Gasteiger partial charge < -0.3 is 15.2 Å². The summed E-state index contributed by atoms with van der Waals surface area (Å²) in [4.78, 5) is 11.3. The number of amides is 1. The van der Waals surface area contributed by atoms with Crippen LogP contribution in [0.2, 0.25) is 0 Å². The molecule has 3 rings (SSSR count). The maximum absolute atomic E-state index is 12.5. The van der Waals surface area contributed by atoms with Crippen LogP contribution in [0.4, 0.5) is 18.0 Å². The van der Waals surface area contributed by atoms with Gasteiger partial charge in [0, 0.05) is 0 Å². The third-order valence-corrected chi connectivity index (χ3v) is 4.95. The molecule has 7 heteroatoms. The molecule has 0 bridgehead atoms. The van der Waals surface area contributed by atoms with Crippen molar-refractivity contribution < 1.29 is 27.8 Å².